The van der Waals surface area contributed by atoms with Crippen molar-refractivity contribution in [3.05, 3.63) is 54.6 Å². The topological polar surface area (TPSA) is 76.7 Å². The van der Waals surface area contributed by atoms with E-state index in [4.69, 9.17) is 9.47 Å². The van der Waals surface area contributed by atoms with Gasteiger partial charge in [0, 0.05) is 17.4 Å². The van der Waals surface area contributed by atoms with Crippen molar-refractivity contribution in [2.75, 3.05) is 18.5 Å². The molecule has 0 spiro atoms. The summed E-state index contributed by atoms with van der Waals surface area (Å²) in [5.74, 6) is 0.198. The molecule has 0 radical (unpaired) electrons. The molecular formula is C23H28N2O4. The summed E-state index contributed by atoms with van der Waals surface area (Å²) in [6.07, 6.45) is 4.45. The molecule has 0 aliphatic heterocycles. The average Bonchev–Trinajstić information content (AvgIpc) is 2.74. The minimum Gasteiger partial charge on any atom is -0.482 e. The van der Waals surface area contributed by atoms with E-state index in [0.29, 0.717) is 11.7 Å². The maximum atomic E-state index is 12.0. The molecule has 3 rings (SSSR count). The molecule has 1 fully saturated rings. The fourth-order valence-electron chi connectivity index (χ4n) is 3.43. The molecule has 154 valence electrons. The summed E-state index contributed by atoms with van der Waals surface area (Å²) in [6.45, 7) is 1.63. The maximum absolute atomic E-state index is 12.0. The number of anilines is 2. The fraction of sp³-hybridized carbons (Fsp3) is 0.391. The lowest BCUT2D eigenvalue weighted by Crippen LogP contribution is -2.43. The molecule has 1 amide bonds. The standard InChI is InChI=1S/C23H28N2O4/c1-17-7-5-6-10-21(17)25-22(26)15-29-23(27)16-28-20-13-11-19(12-14-20)24-18-8-3-2-4-9-18/h2-4,8-9,11-14,17,21,24H,5-7,10,15-16H2,1H3,(H,25,26)/t17-,21+/m0/s1. The Kier molecular flexibility index (Phi) is 7.50. The Bertz CT molecular complexity index is 792. The van der Waals surface area contributed by atoms with Crippen molar-refractivity contribution in [1.29, 1.82) is 0 Å². The van der Waals surface area contributed by atoms with E-state index in [1.54, 1.807) is 12.1 Å². The quantitative estimate of drug-likeness (QED) is 0.659. The highest BCUT2D eigenvalue weighted by molar-refractivity contribution is 5.81. The van der Waals surface area contributed by atoms with Gasteiger partial charge in [-0.15, -0.1) is 0 Å². The first-order chi connectivity index (χ1) is 14.1. The summed E-state index contributed by atoms with van der Waals surface area (Å²) in [7, 11) is 0. The molecule has 2 N–H and O–H groups in total. The van der Waals surface area contributed by atoms with Crippen molar-refractivity contribution in [1.82, 2.24) is 5.32 Å². The van der Waals surface area contributed by atoms with E-state index >= 15 is 0 Å². The third-order valence-corrected chi connectivity index (χ3v) is 5.10. The second-order valence-electron chi connectivity index (χ2n) is 7.40. The lowest BCUT2D eigenvalue weighted by molar-refractivity contribution is -0.150. The third kappa shape index (κ3) is 6.82. The van der Waals surface area contributed by atoms with Crippen LogP contribution in [0.2, 0.25) is 0 Å². The van der Waals surface area contributed by atoms with Crippen LogP contribution in [0.5, 0.6) is 5.75 Å². The van der Waals surface area contributed by atoms with Gasteiger partial charge in [-0.05, 0) is 55.2 Å². The molecule has 1 aliphatic rings. The molecule has 0 heterocycles. The van der Waals surface area contributed by atoms with Crippen LogP contribution >= 0.6 is 0 Å². The zero-order valence-corrected chi connectivity index (χ0v) is 16.7. The third-order valence-electron chi connectivity index (χ3n) is 5.10. The number of ether oxygens (including phenoxy) is 2. The zero-order valence-electron chi connectivity index (χ0n) is 16.7. The largest absolute Gasteiger partial charge is 0.482 e. The second kappa shape index (κ2) is 10.5. The van der Waals surface area contributed by atoms with Crippen LogP contribution in [-0.2, 0) is 14.3 Å². The molecule has 2 aromatic rings. The Morgan fingerprint density at radius 2 is 1.62 bits per heavy atom. The van der Waals surface area contributed by atoms with E-state index in [0.717, 1.165) is 30.6 Å². The van der Waals surface area contributed by atoms with E-state index in [1.165, 1.54) is 6.42 Å². The highest BCUT2D eigenvalue weighted by Crippen LogP contribution is 2.23. The van der Waals surface area contributed by atoms with Gasteiger partial charge in [-0.1, -0.05) is 38.0 Å². The summed E-state index contributed by atoms with van der Waals surface area (Å²) in [4.78, 5) is 23.8. The van der Waals surface area contributed by atoms with E-state index in [2.05, 4.69) is 17.6 Å². The summed E-state index contributed by atoms with van der Waals surface area (Å²) >= 11 is 0. The fourth-order valence-corrected chi connectivity index (χ4v) is 3.43. The molecule has 1 aliphatic carbocycles. The Balaban J connectivity index is 1.36. The van der Waals surface area contributed by atoms with Crippen molar-refractivity contribution in [2.45, 2.75) is 38.6 Å². The normalized spacial score (nSPS) is 18.5. The highest BCUT2D eigenvalue weighted by atomic mass is 16.6. The van der Waals surface area contributed by atoms with Crippen molar-refractivity contribution in [2.24, 2.45) is 5.92 Å². The van der Waals surface area contributed by atoms with Crippen molar-refractivity contribution in [3.8, 4) is 5.75 Å². The minimum atomic E-state index is -0.566. The van der Waals surface area contributed by atoms with Crippen molar-refractivity contribution >= 4 is 23.3 Å². The molecule has 0 bridgehead atoms. The van der Waals surface area contributed by atoms with Crippen LogP contribution in [0.3, 0.4) is 0 Å². The average molecular weight is 396 g/mol. The number of benzene rings is 2. The Morgan fingerprint density at radius 1 is 0.931 bits per heavy atom. The van der Waals surface area contributed by atoms with Gasteiger partial charge in [0.15, 0.2) is 13.2 Å². The number of carbonyl (C=O) groups excluding carboxylic acids is 2. The van der Waals surface area contributed by atoms with Crippen LogP contribution < -0.4 is 15.4 Å². The summed E-state index contributed by atoms with van der Waals surface area (Å²) in [5.41, 5.74) is 1.91. The number of rotatable bonds is 8. The molecule has 29 heavy (non-hydrogen) atoms. The molecule has 2 atom stereocenters. The number of para-hydroxylation sites is 1. The van der Waals surface area contributed by atoms with Gasteiger partial charge in [0.2, 0.25) is 0 Å². The number of esters is 1. The number of hydrogen-bond acceptors (Lipinski definition) is 5. The molecule has 1 saturated carbocycles. The van der Waals surface area contributed by atoms with Gasteiger partial charge in [-0.25, -0.2) is 4.79 Å². The zero-order chi connectivity index (χ0) is 20.5. The van der Waals surface area contributed by atoms with Gasteiger partial charge in [-0.3, -0.25) is 4.79 Å². The van der Waals surface area contributed by atoms with Crippen molar-refractivity contribution < 1.29 is 19.1 Å². The smallest absolute Gasteiger partial charge is 0.344 e. The van der Waals surface area contributed by atoms with Gasteiger partial charge in [0.05, 0.1) is 0 Å². The van der Waals surface area contributed by atoms with Crippen LogP contribution in [0, 0.1) is 5.92 Å². The maximum Gasteiger partial charge on any atom is 0.344 e. The van der Waals surface area contributed by atoms with Crippen molar-refractivity contribution in [3.63, 3.8) is 0 Å². The van der Waals surface area contributed by atoms with Crippen LogP contribution in [0.15, 0.2) is 54.6 Å². The molecular weight excluding hydrogens is 368 g/mol. The summed E-state index contributed by atoms with van der Waals surface area (Å²) in [5, 5.41) is 6.23. The Hall–Kier alpha value is -3.02. The second-order valence-corrected chi connectivity index (χ2v) is 7.40. The number of nitrogens with one attached hydrogen (secondary N) is 2. The predicted octanol–water partition coefficient (Wildman–Crippen LogP) is 4.05. The first kappa shape index (κ1) is 20.7. The van der Waals surface area contributed by atoms with E-state index < -0.39 is 5.97 Å². The number of carbonyl (C=O) groups is 2. The van der Waals surface area contributed by atoms with Gasteiger partial charge in [0.25, 0.3) is 5.91 Å². The van der Waals surface area contributed by atoms with E-state index in [9.17, 15) is 9.59 Å². The monoisotopic (exact) mass is 396 g/mol. The minimum absolute atomic E-state index is 0.175. The molecule has 0 aromatic heterocycles. The molecule has 6 heteroatoms. The lowest BCUT2D eigenvalue weighted by Gasteiger charge is -2.29. The van der Waals surface area contributed by atoms with Gasteiger partial charge in [0.1, 0.15) is 5.75 Å². The first-order valence-corrected chi connectivity index (χ1v) is 10.1. The van der Waals surface area contributed by atoms with Crippen LogP contribution in [0.25, 0.3) is 0 Å². The number of amides is 1. The SMILES string of the molecule is C[C@H]1CCCC[C@H]1NC(=O)COC(=O)COc1ccc(Nc2ccccc2)cc1. The van der Waals surface area contributed by atoms with Crippen LogP contribution in [-0.4, -0.2) is 31.1 Å². The molecule has 0 saturated heterocycles. The van der Waals surface area contributed by atoms with Gasteiger partial charge >= 0.3 is 5.97 Å². The first-order valence-electron chi connectivity index (χ1n) is 10.1. The van der Waals surface area contributed by atoms with Gasteiger partial charge in [-0.2, -0.15) is 0 Å². The molecule has 6 nitrogen and oxygen atoms in total. The number of hydrogen-bond donors (Lipinski definition) is 2. The summed E-state index contributed by atoms with van der Waals surface area (Å²) in [6, 6.07) is 17.3. The predicted molar refractivity (Wildman–Crippen MR) is 112 cm³/mol. The van der Waals surface area contributed by atoms with E-state index in [-0.39, 0.29) is 25.2 Å². The van der Waals surface area contributed by atoms with Gasteiger partial charge < -0.3 is 20.1 Å². The molecule has 0 unspecified atom stereocenters. The highest BCUT2D eigenvalue weighted by Gasteiger charge is 2.23. The Labute approximate surface area is 171 Å². The lowest BCUT2D eigenvalue weighted by atomic mass is 9.86. The van der Waals surface area contributed by atoms with E-state index in [1.807, 2.05) is 42.5 Å². The summed E-state index contributed by atoms with van der Waals surface area (Å²) < 4.78 is 10.5. The Morgan fingerprint density at radius 3 is 2.34 bits per heavy atom. The van der Waals surface area contributed by atoms with Crippen LogP contribution in [0.1, 0.15) is 32.6 Å². The molecule has 2 aromatic carbocycles. The van der Waals surface area contributed by atoms with Crippen LogP contribution in [0.4, 0.5) is 11.4 Å².